The molecule has 0 bridgehead atoms. The third-order valence-electron chi connectivity index (χ3n) is 3.35. The second-order valence-corrected chi connectivity index (χ2v) is 4.46. The third-order valence-corrected chi connectivity index (χ3v) is 3.35. The maximum atomic E-state index is 5.75. The van der Waals surface area contributed by atoms with Crippen LogP contribution in [0.15, 0.2) is 0 Å². The van der Waals surface area contributed by atoms with Crippen molar-refractivity contribution in [3.8, 4) is 0 Å². The van der Waals surface area contributed by atoms with Gasteiger partial charge in [-0.1, -0.05) is 0 Å². The minimum absolute atomic E-state index is 0.548. The molecule has 0 amide bonds. The van der Waals surface area contributed by atoms with Gasteiger partial charge in [0.1, 0.15) is 0 Å². The summed E-state index contributed by atoms with van der Waals surface area (Å²) < 4.78 is 5.75. The van der Waals surface area contributed by atoms with Gasteiger partial charge in [0.2, 0.25) is 0 Å². The molecule has 0 aromatic heterocycles. The number of hydrogen-bond acceptors (Lipinski definition) is 2. The Labute approximate surface area is 81.0 Å². The molecule has 1 aliphatic carbocycles. The molecule has 2 rings (SSSR count). The Bertz CT molecular complexity index is 150. The molecule has 1 aliphatic heterocycles. The summed E-state index contributed by atoms with van der Waals surface area (Å²) >= 11 is 0. The fraction of sp³-hybridized carbons (Fsp3) is 1.00. The predicted molar refractivity (Wildman–Crippen MR) is 53.8 cm³/mol. The van der Waals surface area contributed by atoms with E-state index in [2.05, 4.69) is 12.4 Å². The smallest absolute Gasteiger partial charge is 0.0590 e. The van der Waals surface area contributed by atoms with Gasteiger partial charge < -0.3 is 10.1 Å². The lowest BCUT2D eigenvalue weighted by Crippen LogP contribution is -2.34. The molecule has 0 aromatic carbocycles. The lowest BCUT2D eigenvalue weighted by atomic mass is 9.99. The van der Waals surface area contributed by atoms with Gasteiger partial charge in [-0.2, -0.15) is 0 Å². The lowest BCUT2D eigenvalue weighted by molar-refractivity contribution is 0.00430. The van der Waals surface area contributed by atoms with Crippen molar-refractivity contribution in [3.05, 3.63) is 0 Å². The van der Waals surface area contributed by atoms with Gasteiger partial charge in [-0.25, -0.2) is 0 Å². The highest BCUT2D eigenvalue weighted by Crippen LogP contribution is 2.35. The van der Waals surface area contributed by atoms with Gasteiger partial charge >= 0.3 is 0 Å². The SMILES string of the molecule is CNC(CC1CCCCO1)C1CC1. The molecule has 2 unspecified atom stereocenters. The van der Waals surface area contributed by atoms with Gasteiger partial charge in [0.25, 0.3) is 0 Å². The number of rotatable bonds is 4. The van der Waals surface area contributed by atoms with Crippen molar-refractivity contribution in [1.29, 1.82) is 0 Å². The van der Waals surface area contributed by atoms with Gasteiger partial charge in [0.05, 0.1) is 6.10 Å². The van der Waals surface area contributed by atoms with Gasteiger partial charge in [0, 0.05) is 12.6 Å². The van der Waals surface area contributed by atoms with Crippen LogP contribution in [0.25, 0.3) is 0 Å². The molecule has 0 radical (unpaired) electrons. The molecule has 1 N–H and O–H groups in total. The van der Waals surface area contributed by atoms with Crippen LogP contribution in [-0.2, 0) is 4.74 Å². The highest BCUT2D eigenvalue weighted by atomic mass is 16.5. The molecule has 2 aliphatic rings. The summed E-state index contributed by atoms with van der Waals surface area (Å²) in [6.45, 7) is 0.992. The average Bonchev–Trinajstić information content (AvgIpc) is 2.99. The molecule has 1 saturated carbocycles. The van der Waals surface area contributed by atoms with Crippen LogP contribution >= 0.6 is 0 Å². The summed E-state index contributed by atoms with van der Waals surface area (Å²) in [6.07, 6.45) is 8.56. The first kappa shape index (κ1) is 9.47. The molecule has 1 heterocycles. The number of ether oxygens (including phenoxy) is 1. The molecule has 2 nitrogen and oxygen atoms in total. The molecule has 0 spiro atoms. The van der Waals surface area contributed by atoms with Crippen LogP contribution in [0, 0.1) is 5.92 Å². The summed E-state index contributed by atoms with van der Waals surface area (Å²) in [5.41, 5.74) is 0. The van der Waals surface area contributed by atoms with E-state index in [0.29, 0.717) is 6.10 Å². The topological polar surface area (TPSA) is 21.3 Å². The second-order valence-electron chi connectivity index (χ2n) is 4.46. The van der Waals surface area contributed by atoms with Crippen LogP contribution in [0.4, 0.5) is 0 Å². The van der Waals surface area contributed by atoms with E-state index in [0.717, 1.165) is 18.6 Å². The normalized spacial score (nSPS) is 31.6. The molecular formula is C11H21NO. The fourth-order valence-corrected chi connectivity index (χ4v) is 2.32. The van der Waals surface area contributed by atoms with Crippen molar-refractivity contribution in [2.24, 2.45) is 5.92 Å². The Balaban J connectivity index is 1.73. The van der Waals surface area contributed by atoms with Crippen molar-refractivity contribution >= 4 is 0 Å². The Hall–Kier alpha value is -0.0800. The molecule has 13 heavy (non-hydrogen) atoms. The molecule has 1 saturated heterocycles. The summed E-state index contributed by atoms with van der Waals surface area (Å²) in [7, 11) is 2.09. The molecule has 76 valence electrons. The first-order valence-electron chi connectivity index (χ1n) is 5.69. The average molecular weight is 183 g/mol. The highest BCUT2D eigenvalue weighted by molar-refractivity contribution is 4.87. The van der Waals surface area contributed by atoms with E-state index in [1.807, 2.05) is 0 Å². The van der Waals surface area contributed by atoms with Gasteiger partial charge in [-0.3, -0.25) is 0 Å². The van der Waals surface area contributed by atoms with E-state index < -0.39 is 0 Å². The number of hydrogen-bond donors (Lipinski definition) is 1. The van der Waals surface area contributed by atoms with Crippen molar-refractivity contribution in [2.45, 2.75) is 50.7 Å². The minimum Gasteiger partial charge on any atom is -0.378 e. The molecule has 2 fully saturated rings. The van der Waals surface area contributed by atoms with E-state index in [4.69, 9.17) is 4.74 Å². The van der Waals surface area contributed by atoms with Crippen molar-refractivity contribution < 1.29 is 4.74 Å². The Morgan fingerprint density at radius 3 is 2.69 bits per heavy atom. The minimum atomic E-state index is 0.548. The Morgan fingerprint density at radius 2 is 2.15 bits per heavy atom. The maximum absolute atomic E-state index is 5.75. The van der Waals surface area contributed by atoms with Crippen LogP contribution in [0.2, 0.25) is 0 Å². The van der Waals surface area contributed by atoms with E-state index >= 15 is 0 Å². The van der Waals surface area contributed by atoms with Gasteiger partial charge in [0.15, 0.2) is 0 Å². The molecule has 2 heteroatoms. The van der Waals surface area contributed by atoms with Crippen LogP contribution in [0.1, 0.15) is 38.5 Å². The van der Waals surface area contributed by atoms with Crippen LogP contribution in [-0.4, -0.2) is 25.8 Å². The summed E-state index contributed by atoms with van der Waals surface area (Å²) in [5.74, 6) is 0.954. The fourth-order valence-electron chi connectivity index (χ4n) is 2.32. The Morgan fingerprint density at radius 1 is 1.31 bits per heavy atom. The standard InChI is InChI=1S/C11H21NO/c1-12-11(9-5-6-9)8-10-4-2-3-7-13-10/h9-12H,2-8H2,1H3. The van der Waals surface area contributed by atoms with E-state index in [1.54, 1.807) is 0 Å². The molecular weight excluding hydrogens is 162 g/mol. The zero-order chi connectivity index (χ0) is 9.10. The first-order chi connectivity index (χ1) is 6.40. The first-order valence-corrected chi connectivity index (χ1v) is 5.69. The lowest BCUT2D eigenvalue weighted by Gasteiger charge is -2.26. The second kappa shape index (κ2) is 4.43. The van der Waals surface area contributed by atoms with Gasteiger partial charge in [-0.15, -0.1) is 0 Å². The third kappa shape index (κ3) is 2.68. The van der Waals surface area contributed by atoms with Crippen molar-refractivity contribution in [1.82, 2.24) is 5.32 Å². The Kier molecular flexibility index (Phi) is 3.23. The zero-order valence-electron chi connectivity index (χ0n) is 8.59. The van der Waals surface area contributed by atoms with E-state index in [1.165, 1.54) is 38.5 Å². The zero-order valence-corrected chi connectivity index (χ0v) is 8.59. The maximum Gasteiger partial charge on any atom is 0.0590 e. The van der Waals surface area contributed by atoms with Crippen molar-refractivity contribution in [2.75, 3.05) is 13.7 Å². The van der Waals surface area contributed by atoms with Crippen LogP contribution in [0.3, 0.4) is 0 Å². The summed E-state index contributed by atoms with van der Waals surface area (Å²) in [6, 6.07) is 0.725. The predicted octanol–water partition coefficient (Wildman–Crippen LogP) is 1.94. The monoisotopic (exact) mass is 183 g/mol. The van der Waals surface area contributed by atoms with Gasteiger partial charge in [-0.05, 0) is 51.5 Å². The van der Waals surface area contributed by atoms with Crippen molar-refractivity contribution in [3.63, 3.8) is 0 Å². The summed E-state index contributed by atoms with van der Waals surface area (Å²) in [4.78, 5) is 0. The summed E-state index contributed by atoms with van der Waals surface area (Å²) in [5, 5.41) is 3.43. The van der Waals surface area contributed by atoms with E-state index in [9.17, 15) is 0 Å². The van der Waals surface area contributed by atoms with E-state index in [-0.39, 0.29) is 0 Å². The quantitative estimate of drug-likeness (QED) is 0.719. The molecule has 0 aromatic rings. The largest absolute Gasteiger partial charge is 0.378 e. The highest BCUT2D eigenvalue weighted by Gasteiger charge is 2.32. The molecule has 2 atom stereocenters. The van der Waals surface area contributed by atoms with Crippen LogP contribution in [0.5, 0.6) is 0 Å². The van der Waals surface area contributed by atoms with Crippen LogP contribution < -0.4 is 5.32 Å². The number of nitrogens with one attached hydrogen (secondary N) is 1.